The van der Waals surface area contributed by atoms with E-state index in [-0.39, 0.29) is 17.7 Å². The molecule has 2 aromatic carbocycles. The van der Waals surface area contributed by atoms with Crippen LogP contribution in [0.25, 0.3) is 0 Å². The largest absolute Gasteiger partial charge is 0.478 e. The number of hydrogen-bond acceptors (Lipinski definition) is 4. The molecule has 1 heterocycles. The molecule has 0 spiro atoms. The summed E-state index contributed by atoms with van der Waals surface area (Å²) < 4.78 is 2.07. The first kappa shape index (κ1) is 24.0. The fraction of sp³-hybridized carbons (Fsp3) is 0.250. The maximum Gasteiger partial charge on any atom is 0.335 e. The molecule has 0 saturated heterocycles. The Labute approximate surface area is 195 Å². The molecule has 0 atom stereocenters. The summed E-state index contributed by atoms with van der Waals surface area (Å²) in [6.07, 6.45) is 3.15. The molecule has 9 heteroatoms. The molecule has 172 valence electrons. The molecular formula is C24H25ClN4O4. The summed E-state index contributed by atoms with van der Waals surface area (Å²) in [6, 6.07) is 14.5. The Hall–Kier alpha value is -3.65. The van der Waals surface area contributed by atoms with Gasteiger partial charge >= 0.3 is 17.3 Å². The molecule has 0 unspecified atom stereocenters. The third-order valence-corrected chi connectivity index (χ3v) is 5.33. The van der Waals surface area contributed by atoms with Gasteiger partial charge < -0.3 is 5.11 Å². The van der Waals surface area contributed by atoms with Gasteiger partial charge in [-0.3, -0.25) is 9.55 Å². The number of unbranched alkanes of at least 4 members (excludes halogenated alkanes) is 1. The molecule has 0 bridgehead atoms. The van der Waals surface area contributed by atoms with Gasteiger partial charge in [0, 0.05) is 10.6 Å². The lowest BCUT2D eigenvalue weighted by Crippen LogP contribution is -2.50. The van der Waals surface area contributed by atoms with E-state index in [1.807, 2.05) is 24.3 Å². The van der Waals surface area contributed by atoms with Gasteiger partial charge in [0.15, 0.2) is 0 Å². The zero-order valence-electron chi connectivity index (χ0n) is 18.3. The van der Waals surface area contributed by atoms with E-state index in [0.717, 1.165) is 29.4 Å². The summed E-state index contributed by atoms with van der Waals surface area (Å²) >= 11 is 5.96. The number of halogens is 1. The maximum absolute atomic E-state index is 13.2. The van der Waals surface area contributed by atoms with E-state index in [9.17, 15) is 14.4 Å². The second kappa shape index (κ2) is 10.8. The van der Waals surface area contributed by atoms with Crippen molar-refractivity contribution in [3.63, 3.8) is 0 Å². The van der Waals surface area contributed by atoms with Crippen molar-refractivity contribution in [1.82, 2.24) is 14.1 Å². The zero-order valence-corrected chi connectivity index (χ0v) is 19.0. The van der Waals surface area contributed by atoms with Crippen LogP contribution in [0.1, 0.15) is 30.9 Å². The predicted molar refractivity (Wildman–Crippen MR) is 127 cm³/mol. The fourth-order valence-electron chi connectivity index (χ4n) is 3.20. The van der Waals surface area contributed by atoms with Gasteiger partial charge in [0.05, 0.1) is 18.8 Å². The molecule has 1 aromatic heterocycles. The summed E-state index contributed by atoms with van der Waals surface area (Å²) in [7, 11) is 0. The monoisotopic (exact) mass is 468 g/mol. The van der Waals surface area contributed by atoms with Crippen LogP contribution in [0.4, 0.5) is 5.69 Å². The van der Waals surface area contributed by atoms with Gasteiger partial charge in [-0.25, -0.2) is 23.9 Å². The minimum Gasteiger partial charge on any atom is -0.478 e. The molecule has 0 aliphatic heterocycles. The summed E-state index contributed by atoms with van der Waals surface area (Å²) in [5.41, 5.74) is 0.807. The maximum atomic E-state index is 13.2. The Kier molecular flexibility index (Phi) is 7.84. The van der Waals surface area contributed by atoms with Crippen molar-refractivity contribution >= 4 is 23.3 Å². The van der Waals surface area contributed by atoms with E-state index in [1.165, 1.54) is 10.1 Å². The van der Waals surface area contributed by atoms with Crippen molar-refractivity contribution in [3.05, 3.63) is 103 Å². The topological polar surface area (TPSA) is 109 Å². The van der Waals surface area contributed by atoms with E-state index < -0.39 is 23.9 Å². The number of carbonyl (C=O) groups is 1. The van der Waals surface area contributed by atoms with E-state index in [2.05, 4.69) is 23.5 Å². The van der Waals surface area contributed by atoms with Crippen molar-refractivity contribution in [2.24, 2.45) is 4.99 Å². The quantitative estimate of drug-likeness (QED) is 0.470. The third-order valence-electron chi connectivity index (χ3n) is 5.08. The van der Waals surface area contributed by atoms with Gasteiger partial charge in [-0.05, 0) is 48.2 Å². The summed E-state index contributed by atoms with van der Waals surface area (Å²) in [4.78, 5) is 44.1. The first-order chi connectivity index (χ1) is 15.8. The predicted octanol–water partition coefficient (Wildman–Crippen LogP) is 3.26. The molecule has 2 N–H and O–H groups in total. The number of aryl methyl sites for hydroxylation is 1. The highest BCUT2D eigenvalue weighted by Crippen LogP contribution is 2.14. The van der Waals surface area contributed by atoms with Crippen LogP contribution in [-0.4, -0.2) is 25.2 Å². The molecule has 3 aromatic rings. The van der Waals surface area contributed by atoms with Crippen molar-refractivity contribution in [1.29, 1.82) is 0 Å². The fourth-order valence-corrected chi connectivity index (χ4v) is 3.32. The van der Waals surface area contributed by atoms with Crippen molar-refractivity contribution in [2.75, 3.05) is 0 Å². The molecule has 0 aliphatic carbocycles. The number of nitrogens with zero attached hydrogens (tertiary/aromatic N) is 3. The number of aromatic nitrogens is 3. The van der Waals surface area contributed by atoms with E-state index in [4.69, 9.17) is 16.7 Å². The molecule has 0 aliphatic rings. The highest BCUT2D eigenvalue weighted by Gasteiger charge is 2.13. The van der Waals surface area contributed by atoms with Gasteiger partial charge in [-0.1, -0.05) is 55.8 Å². The van der Waals surface area contributed by atoms with Crippen LogP contribution in [0.5, 0.6) is 0 Å². The van der Waals surface area contributed by atoms with Crippen molar-refractivity contribution < 1.29 is 9.90 Å². The number of aliphatic carboxylic acids is 1. The summed E-state index contributed by atoms with van der Waals surface area (Å²) in [6.45, 7) is 5.20. The zero-order chi connectivity index (χ0) is 24.0. The van der Waals surface area contributed by atoms with E-state index >= 15 is 0 Å². The Morgan fingerprint density at radius 3 is 2.30 bits per heavy atom. The molecule has 0 radical (unpaired) electrons. The minimum absolute atomic E-state index is 0.0541. The number of carboxylic acid groups (broad SMARTS) is 1. The van der Waals surface area contributed by atoms with E-state index in [1.54, 1.807) is 24.3 Å². The molecule has 0 fully saturated rings. The number of nitrogens with one attached hydrogen (secondary N) is 1. The molecule has 0 amide bonds. The number of hydrogen-bond donors (Lipinski definition) is 2. The van der Waals surface area contributed by atoms with Gasteiger partial charge in [0.2, 0.25) is 5.62 Å². The SMILES string of the molecule is C=C(Cn1c(=O)[nH]/c(=N\c2ccc(CCCC)cc2)n(Cc2ccc(Cl)cc2)c1=O)C(=O)O. The molecule has 0 saturated carbocycles. The lowest BCUT2D eigenvalue weighted by Gasteiger charge is -2.11. The van der Waals surface area contributed by atoms with Gasteiger partial charge in [-0.2, -0.15) is 0 Å². The van der Waals surface area contributed by atoms with E-state index in [0.29, 0.717) is 10.7 Å². The summed E-state index contributed by atoms with van der Waals surface area (Å²) in [5.74, 6) is -1.29. The first-order valence-corrected chi connectivity index (χ1v) is 10.9. The Morgan fingerprint density at radius 1 is 1.06 bits per heavy atom. The molecule has 33 heavy (non-hydrogen) atoms. The van der Waals surface area contributed by atoms with Crippen LogP contribution in [0.2, 0.25) is 5.02 Å². The lowest BCUT2D eigenvalue weighted by molar-refractivity contribution is -0.132. The molecule has 8 nitrogen and oxygen atoms in total. The summed E-state index contributed by atoms with van der Waals surface area (Å²) in [5, 5.41) is 9.67. The number of aromatic amines is 1. The number of rotatable bonds is 9. The molecule has 3 rings (SSSR count). The van der Waals surface area contributed by atoms with Crippen LogP contribution in [0.3, 0.4) is 0 Å². The van der Waals surface area contributed by atoms with Crippen LogP contribution in [-0.2, 0) is 24.3 Å². The highest BCUT2D eigenvalue weighted by molar-refractivity contribution is 6.30. The standard InChI is InChI=1S/C24H25ClN4O4/c1-3-4-5-17-8-12-20(13-9-17)26-22-27-23(32)29(14-16(2)21(30)31)24(33)28(22)15-18-6-10-19(25)11-7-18/h6-13H,2-5,14-15H2,1H3,(H,30,31)(H,26,27,32). The van der Waals surface area contributed by atoms with Gasteiger partial charge in [0.1, 0.15) is 0 Å². The Balaban J connectivity index is 2.11. The minimum atomic E-state index is -1.29. The number of H-pyrrole nitrogens is 1. The van der Waals surface area contributed by atoms with Crippen molar-refractivity contribution in [3.8, 4) is 0 Å². The number of carboxylic acids is 1. The lowest BCUT2D eigenvalue weighted by atomic mass is 10.1. The van der Waals surface area contributed by atoms with Crippen LogP contribution in [0, 0.1) is 0 Å². The second-order valence-electron chi connectivity index (χ2n) is 7.63. The average Bonchev–Trinajstić information content (AvgIpc) is 2.79. The molecular weight excluding hydrogens is 444 g/mol. The van der Waals surface area contributed by atoms with Crippen LogP contribution in [0.15, 0.2) is 75.3 Å². The highest BCUT2D eigenvalue weighted by atomic mass is 35.5. The van der Waals surface area contributed by atoms with Crippen molar-refractivity contribution in [2.45, 2.75) is 39.3 Å². The normalized spacial score (nSPS) is 11.5. The van der Waals surface area contributed by atoms with Crippen LogP contribution < -0.4 is 17.0 Å². The van der Waals surface area contributed by atoms with Gasteiger partial charge in [0.25, 0.3) is 0 Å². The second-order valence-corrected chi connectivity index (χ2v) is 8.06. The Morgan fingerprint density at radius 2 is 1.70 bits per heavy atom. The van der Waals surface area contributed by atoms with Crippen LogP contribution >= 0.6 is 11.6 Å². The first-order valence-electron chi connectivity index (χ1n) is 10.5. The number of benzene rings is 2. The Bertz CT molecular complexity index is 1330. The smallest absolute Gasteiger partial charge is 0.335 e. The average molecular weight is 469 g/mol. The van der Waals surface area contributed by atoms with Gasteiger partial charge in [-0.15, -0.1) is 0 Å². The third kappa shape index (κ3) is 6.20.